The lowest BCUT2D eigenvalue weighted by Crippen LogP contribution is -2.32. The van der Waals surface area contributed by atoms with Crippen LogP contribution in [0.15, 0.2) is 111 Å². The van der Waals surface area contributed by atoms with E-state index >= 15 is 0 Å². The molecule has 5 aromatic carbocycles. The Kier molecular flexibility index (Phi) is 20.0. The summed E-state index contributed by atoms with van der Waals surface area (Å²) in [5, 5.41) is 27.3. The maximum atomic E-state index is 13.6. The molecular weight excluding hydrogens is 994 g/mol. The van der Waals surface area contributed by atoms with Crippen LogP contribution in [0, 0.1) is 0 Å². The Hall–Kier alpha value is -6.43. The van der Waals surface area contributed by atoms with Crippen molar-refractivity contribution in [2.24, 2.45) is 20.5 Å². The summed E-state index contributed by atoms with van der Waals surface area (Å²) in [5.74, 6) is -2.20. The molecule has 0 saturated carbocycles. The average Bonchev–Trinajstić information content (AvgIpc) is 3.32. The molecule has 5 aromatic rings. The van der Waals surface area contributed by atoms with Crippen molar-refractivity contribution in [1.29, 1.82) is 0 Å². The first-order valence-electron chi connectivity index (χ1n) is 20.9. The number of methoxy groups -OCH3 is 2. The van der Waals surface area contributed by atoms with Gasteiger partial charge in [-0.25, -0.2) is 0 Å². The van der Waals surface area contributed by atoms with Gasteiger partial charge in [-0.05, 0) is 117 Å². The number of nitrogens with one attached hydrogen (secondary N) is 4. The van der Waals surface area contributed by atoms with E-state index in [4.69, 9.17) is 67.5 Å². The number of carbonyl (C=O) groups excluding carboxylic acids is 6. The highest BCUT2D eigenvalue weighted by Gasteiger charge is 2.26. The number of Topliss-reactive ketones (excluding diaryl/α,β-unsaturated/α-hetero) is 2. The predicted octanol–water partition coefficient (Wildman–Crippen LogP) is 11.2. The van der Waals surface area contributed by atoms with Crippen molar-refractivity contribution in [3.8, 4) is 11.5 Å². The van der Waals surface area contributed by atoms with Crippen LogP contribution in [0.1, 0.15) is 51.3 Å². The Morgan fingerprint density at radius 3 is 1.36 bits per heavy atom. The summed E-state index contributed by atoms with van der Waals surface area (Å²) in [6.45, 7) is 2.32. The van der Waals surface area contributed by atoms with Crippen LogP contribution in [-0.2, 0) is 38.4 Å². The molecule has 2 unspecified atom stereocenters. The summed E-state index contributed by atoms with van der Waals surface area (Å²) in [4.78, 5) is 79.2. The van der Waals surface area contributed by atoms with E-state index in [9.17, 15) is 28.8 Å². The fraction of sp³-hybridized carbons (Fsp3) is 0.250. The van der Waals surface area contributed by atoms with Crippen molar-refractivity contribution in [3.05, 3.63) is 129 Å². The maximum Gasteiger partial charge on any atom is 0.258 e. The first kappa shape index (κ1) is 53.5. The molecule has 0 spiro atoms. The largest absolute Gasteiger partial charge is 0.497 e. The fourth-order valence-electron chi connectivity index (χ4n) is 6.48. The average molecular weight is 1040 g/mol. The van der Waals surface area contributed by atoms with Crippen LogP contribution < -0.4 is 30.7 Å². The predicted molar refractivity (Wildman–Crippen MR) is 270 cm³/mol. The number of benzene rings is 5. The van der Waals surface area contributed by atoms with Gasteiger partial charge in [-0.15, -0.1) is 34.8 Å². The normalized spacial score (nSPS) is 12.0. The molecule has 0 aliphatic heterocycles. The lowest BCUT2D eigenvalue weighted by molar-refractivity contribution is -0.127. The molecule has 360 valence electrons. The third kappa shape index (κ3) is 14.8. The number of aryl methyl sites for hydroxylation is 3. The van der Waals surface area contributed by atoms with E-state index in [0.717, 1.165) is 25.0 Å². The van der Waals surface area contributed by atoms with Crippen LogP contribution in [0.25, 0.3) is 0 Å². The Balaban J connectivity index is 1.29. The molecule has 2 atom stereocenters. The number of azo groups is 2. The van der Waals surface area contributed by atoms with Crippen LogP contribution in [0.4, 0.5) is 34.1 Å². The fourth-order valence-corrected chi connectivity index (χ4v) is 7.40. The monoisotopic (exact) mass is 1040 g/mol. The number of hydrogen-bond donors (Lipinski definition) is 4. The number of ether oxygens (including phenoxy) is 2. The van der Waals surface area contributed by atoms with Gasteiger partial charge in [0.2, 0.25) is 12.1 Å². The number of halogens is 5. The smallest absolute Gasteiger partial charge is 0.258 e. The van der Waals surface area contributed by atoms with Gasteiger partial charge in [-0.3, -0.25) is 28.8 Å². The number of anilines is 4. The summed E-state index contributed by atoms with van der Waals surface area (Å²) in [7, 11) is 3.01. The zero-order valence-electron chi connectivity index (χ0n) is 37.5. The quantitative estimate of drug-likeness (QED) is 0.0296. The van der Waals surface area contributed by atoms with Crippen molar-refractivity contribution in [2.45, 2.75) is 45.2 Å². The van der Waals surface area contributed by atoms with Crippen molar-refractivity contribution in [1.82, 2.24) is 0 Å². The molecule has 0 radical (unpaired) electrons. The van der Waals surface area contributed by atoms with Gasteiger partial charge < -0.3 is 30.7 Å². The molecule has 5 rings (SSSR count). The van der Waals surface area contributed by atoms with E-state index in [0.29, 0.717) is 53.0 Å². The van der Waals surface area contributed by atoms with Gasteiger partial charge in [0, 0.05) is 63.6 Å². The molecule has 4 amide bonds. The van der Waals surface area contributed by atoms with E-state index in [1.165, 1.54) is 68.8 Å². The van der Waals surface area contributed by atoms with Gasteiger partial charge in [0.05, 0.1) is 24.3 Å². The van der Waals surface area contributed by atoms with Crippen LogP contribution in [0.2, 0.25) is 10.0 Å². The van der Waals surface area contributed by atoms with Crippen LogP contribution >= 0.6 is 58.0 Å². The van der Waals surface area contributed by atoms with Crippen molar-refractivity contribution in [3.63, 3.8) is 0 Å². The number of carbonyl (C=O) groups is 6. The Morgan fingerprint density at radius 1 is 0.507 bits per heavy atom. The Labute approximate surface area is 422 Å². The zero-order valence-corrected chi connectivity index (χ0v) is 41.3. The van der Waals surface area contributed by atoms with Crippen molar-refractivity contribution < 1.29 is 38.2 Å². The van der Waals surface area contributed by atoms with E-state index in [1.807, 2.05) is 0 Å². The molecular formula is C48H45Cl5N8O8. The second-order valence-corrected chi connectivity index (χ2v) is 16.9. The SMILES string of the molecule is COc1ccc(CCCl)c(NC(=O)c2ccc(Cl)c(N=NC(C(C)=O)C(=O)Nc3ccc(NC(=O)C(N=Nc4cc(C(=O)Nc5cc(OC)ccc5CCCl)ccc4Cl)C(C)=O)c(CCCl)c3)c2)c1. The van der Waals surface area contributed by atoms with E-state index in [-0.39, 0.29) is 56.2 Å². The van der Waals surface area contributed by atoms with Gasteiger partial charge in [-0.2, -0.15) is 20.5 Å². The van der Waals surface area contributed by atoms with E-state index in [1.54, 1.807) is 36.4 Å². The second kappa shape index (κ2) is 25.8. The number of hydrogen-bond acceptors (Lipinski definition) is 12. The summed E-state index contributed by atoms with van der Waals surface area (Å²) in [6.07, 6.45) is 1.18. The van der Waals surface area contributed by atoms with Gasteiger partial charge in [0.25, 0.3) is 23.6 Å². The van der Waals surface area contributed by atoms with Crippen LogP contribution in [0.3, 0.4) is 0 Å². The van der Waals surface area contributed by atoms with Crippen molar-refractivity contribution in [2.75, 3.05) is 53.1 Å². The molecule has 0 aromatic heterocycles. The third-order valence-electron chi connectivity index (χ3n) is 10.1. The molecule has 21 heteroatoms. The summed E-state index contributed by atoms with van der Waals surface area (Å²) in [5.41, 5.74) is 3.83. The standard InChI is InChI=1S/C48H45Cl5N8O8/c1-26(62)43(60-58-41-22-31(7-12-36(41)52)45(64)56-39-24-34(68-3)10-5-28(39)15-18-49)47(66)54-33-9-14-38(30(21-33)17-20-51)55-48(67)44(27(2)63)61-59-42-23-32(8-13-37(42)53)46(65)57-40-25-35(69-4)11-6-29(40)16-19-50/h5-14,21-25,43-44H,15-20H2,1-4H3,(H,54,66)(H,55,67)(H,56,64)(H,57,65). The summed E-state index contributed by atoms with van der Waals surface area (Å²) >= 11 is 30.8. The number of ketones is 2. The first-order chi connectivity index (χ1) is 33.1. The molecule has 0 aliphatic rings. The van der Waals surface area contributed by atoms with Gasteiger partial charge in [0.1, 0.15) is 22.9 Å². The minimum atomic E-state index is -1.64. The lowest BCUT2D eigenvalue weighted by atomic mass is 10.1. The highest BCUT2D eigenvalue weighted by atomic mass is 35.5. The van der Waals surface area contributed by atoms with Crippen LogP contribution in [0.5, 0.6) is 11.5 Å². The molecule has 0 fully saturated rings. The second-order valence-electron chi connectivity index (χ2n) is 14.9. The molecule has 0 bridgehead atoms. The molecule has 0 aliphatic carbocycles. The first-order valence-corrected chi connectivity index (χ1v) is 23.3. The number of nitrogens with zero attached hydrogens (tertiary/aromatic N) is 4. The Bertz CT molecular complexity index is 2810. The van der Waals surface area contributed by atoms with E-state index < -0.39 is 47.3 Å². The number of rotatable bonds is 22. The molecule has 0 saturated heterocycles. The highest BCUT2D eigenvalue weighted by molar-refractivity contribution is 6.33. The van der Waals surface area contributed by atoms with Gasteiger partial charge in [-0.1, -0.05) is 35.3 Å². The zero-order chi connectivity index (χ0) is 50.2. The van der Waals surface area contributed by atoms with Crippen LogP contribution in [-0.4, -0.2) is 79.1 Å². The lowest BCUT2D eigenvalue weighted by Gasteiger charge is -2.16. The summed E-state index contributed by atoms with van der Waals surface area (Å²) < 4.78 is 10.6. The highest BCUT2D eigenvalue weighted by Crippen LogP contribution is 2.31. The topological polar surface area (TPSA) is 218 Å². The number of amides is 4. The minimum absolute atomic E-state index is 0.0167. The minimum Gasteiger partial charge on any atom is -0.497 e. The molecule has 69 heavy (non-hydrogen) atoms. The summed E-state index contributed by atoms with van der Waals surface area (Å²) in [6, 6.07) is 20.2. The number of alkyl halides is 3. The molecule has 16 nitrogen and oxygen atoms in total. The van der Waals surface area contributed by atoms with Gasteiger partial charge in [0.15, 0.2) is 11.6 Å². The van der Waals surface area contributed by atoms with Gasteiger partial charge >= 0.3 is 0 Å². The van der Waals surface area contributed by atoms with Crippen molar-refractivity contribution >= 4 is 127 Å². The maximum absolute atomic E-state index is 13.6. The van der Waals surface area contributed by atoms with E-state index in [2.05, 4.69) is 41.7 Å². The molecule has 4 N–H and O–H groups in total. The molecule has 0 heterocycles. The Morgan fingerprint density at radius 2 is 0.942 bits per heavy atom. The third-order valence-corrected chi connectivity index (χ3v) is 11.3.